The number of pyridine rings is 1. The normalized spacial score (nSPS) is 15.2. The quantitative estimate of drug-likeness (QED) is 0.940. The van der Waals surface area contributed by atoms with Crippen LogP contribution in [0.15, 0.2) is 30.3 Å². The van der Waals surface area contributed by atoms with Gasteiger partial charge in [0, 0.05) is 43.7 Å². The zero-order chi connectivity index (χ0) is 16.2. The van der Waals surface area contributed by atoms with Crippen LogP contribution < -0.4 is 4.90 Å². The van der Waals surface area contributed by atoms with Gasteiger partial charge in [0.1, 0.15) is 0 Å². The molecule has 2 aromatic rings. The number of piperazine rings is 1. The number of amides is 1. The molecule has 0 aliphatic carbocycles. The summed E-state index contributed by atoms with van der Waals surface area (Å²) in [5.41, 5.74) is 2.71. The van der Waals surface area contributed by atoms with Crippen LogP contribution in [0.1, 0.15) is 25.5 Å². The van der Waals surface area contributed by atoms with Crippen molar-refractivity contribution >= 4 is 22.5 Å². The van der Waals surface area contributed by atoms with Crippen molar-refractivity contribution in [2.45, 2.75) is 26.4 Å². The van der Waals surface area contributed by atoms with E-state index in [1.54, 1.807) is 0 Å². The molecule has 0 spiro atoms. The molecule has 1 fully saturated rings. The van der Waals surface area contributed by atoms with Crippen LogP contribution in [0.3, 0.4) is 0 Å². The summed E-state index contributed by atoms with van der Waals surface area (Å²) in [6, 6.07) is 10.1. The minimum atomic E-state index is -0.0433. The first kappa shape index (κ1) is 15.7. The highest BCUT2D eigenvalue weighted by atomic mass is 16.3. The van der Waals surface area contributed by atoms with Gasteiger partial charge in [-0.25, -0.2) is 0 Å². The topological polar surface area (TPSA) is 56.7 Å². The number of carbonyl (C=O) groups is 1. The standard InChI is InChI=1S/C18H23N3O2/c1-2-3-18(23)21-10-8-20(9-11-21)16-7-5-14-4-6-15(13-22)19-17(14)12-16/h4-7,12,22H,2-3,8-11,13H2,1H3. The van der Waals surface area contributed by atoms with Crippen LogP contribution in [0.5, 0.6) is 0 Å². The van der Waals surface area contributed by atoms with E-state index in [1.807, 2.05) is 24.0 Å². The van der Waals surface area contributed by atoms with Gasteiger partial charge in [0.05, 0.1) is 17.8 Å². The van der Waals surface area contributed by atoms with Gasteiger partial charge in [-0.1, -0.05) is 19.1 Å². The Labute approximate surface area is 136 Å². The Kier molecular flexibility index (Phi) is 4.76. The van der Waals surface area contributed by atoms with E-state index < -0.39 is 0 Å². The second-order valence-electron chi connectivity index (χ2n) is 5.96. The number of aliphatic hydroxyl groups excluding tert-OH is 1. The zero-order valence-corrected chi connectivity index (χ0v) is 13.5. The lowest BCUT2D eigenvalue weighted by Crippen LogP contribution is -2.48. The smallest absolute Gasteiger partial charge is 0.222 e. The fourth-order valence-electron chi connectivity index (χ4n) is 3.02. The number of rotatable bonds is 4. The van der Waals surface area contributed by atoms with Gasteiger partial charge in [0.15, 0.2) is 0 Å². The van der Waals surface area contributed by atoms with Crippen molar-refractivity contribution in [1.29, 1.82) is 0 Å². The van der Waals surface area contributed by atoms with Crippen LogP contribution in [-0.2, 0) is 11.4 Å². The molecule has 0 bridgehead atoms. The molecule has 1 amide bonds. The number of aliphatic hydroxyl groups is 1. The van der Waals surface area contributed by atoms with E-state index in [4.69, 9.17) is 0 Å². The van der Waals surface area contributed by atoms with Gasteiger partial charge in [0.25, 0.3) is 0 Å². The van der Waals surface area contributed by atoms with Gasteiger partial charge in [0.2, 0.25) is 5.91 Å². The molecule has 0 unspecified atom stereocenters. The SMILES string of the molecule is CCCC(=O)N1CCN(c2ccc3ccc(CO)nc3c2)CC1. The molecule has 1 aromatic carbocycles. The van der Waals surface area contributed by atoms with Crippen LogP contribution >= 0.6 is 0 Å². The maximum atomic E-state index is 12.0. The zero-order valence-electron chi connectivity index (χ0n) is 13.5. The van der Waals surface area contributed by atoms with Gasteiger partial charge in [-0.2, -0.15) is 0 Å². The summed E-state index contributed by atoms with van der Waals surface area (Å²) in [5.74, 6) is 0.264. The van der Waals surface area contributed by atoms with Crippen LogP contribution in [0.2, 0.25) is 0 Å². The maximum absolute atomic E-state index is 12.0. The van der Waals surface area contributed by atoms with Crippen LogP contribution in [0.4, 0.5) is 5.69 Å². The van der Waals surface area contributed by atoms with E-state index in [-0.39, 0.29) is 12.5 Å². The summed E-state index contributed by atoms with van der Waals surface area (Å²) in [4.78, 5) is 20.7. The number of hydrogen-bond donors (Lipinski definition) is 1. The molecular formula is C18H23N3O2. The first-order chi connectivity index (χ1) is 11.2. The molecule has 1 saturated heterocycles. The van der Waals surface area contributed by atoms with Crippen LogP contribution in [0, 0.1) is 0 Å². The van der Waals surface area contributed by atoms with E-state index in [9.17, 15) is 9.90 Å². The molecular weight excluding hydrogens is 290 g/mol. The van der Waals surface area contributed by atoms with E-state index in [0.717, 1.165) is 49.2 Å². The first-order valence-electron chi connectivity index (χ1n) is 8.24. The molecule has 0 saturated carbocycles. The van der Waals surface area contributed by atoms with Gasteiger partial charge in [-0.3, -0.25) is 9.78 Å². The summed E-state index contributed by atoms with van der Waals surface area (Å²) >= 11 is 0. The Morgan fingerprint density at radius 1 is 1.17 bits per heavy atom. The summed E-state index contributed by atoms with van der Waals surface area (Å²) in [7, 11) is 0. The summed E-state index contributed by atoms with van der Waals surface area (Å²) in [5, 5.41) is 10.3. The van der Waals surface area contributed by atoms with Crippen molar-refractivity contribution in [2.75, 3.05) is 31.1 Å². The Bertz CT molecular complexity index is 694. The molecule has 1 aliphatic heterocycles. The van der Waals surface area contributed by atoms with E-state index in [2.05, 4.69) is 28.1 Å². The lowest BCUT2D eigenvalue weighted by Gasteiger charge is -2.36. The van der Waals surface area contributed by atoms with Gasteiger partial charge >= 0.3 is 0 Å². The Hall–Kier alpha value is -2.14. The van der Waals surface area contributed by atoms with Crippen molar-refractivity contribution in [3.05, 3.63) is 36.0 Å². The summed E-state index contributed by atoms with van der Waals surface area (Å²) in [6.07, 6.45) is 1.55. The molecule has 5 nitrogen and oxygen atoms in total. The molecule has 3 rings (SSSR count). The van der Waals surface area contributed by atoms with Crippen molar-refractivity contribution in [2.24, 2.45) is 0 Å². The number of anilines is 1. The van der Waals surface area contributed by atoms with Crippen molar-refractivity contribution in [3.8, 4) is 0 Å². The molecule has 2 heterocycles. The largest absolute Gasteiger partial charge is 0.390 e. The van der Waals surface area contributed by atoms with Gasteiger partial charge < -0.3 is 14.9 Å². The lowest BCUT2D eigenvalue weighted by molar-refractivity contribution is -0.131. The second-order valence-corrected chi connectivity index (χ2v) is 5.96. The highest BCUT2D eigenvalue weighted by molar-refractivity contribution is 5.82. The molecule has 1 aliphatic rings. The monoisotopic (exact) mass is 313 g/mol. The first-order valence-corrected chi connectivity index (χ1v) is 8.24. The fraction of sp³-hybridized carbons (Fsp3) is 0.444. The fourth-order valence-corrected chi connectivity index (χ4v) is 3.02. The van der Waals surface area contributed by atoms with Gasteiger partial charge in [-0.15, -0.1) is 0 Å². The summed E-state index contributed by atoms with van der Waals surface area (Å²) in [6.45, 7) is 5.25. The second kappa shape index (κ2) is 6.96. The minimum absolute atomic E-state index is 0.0433. The third-order valence-corrected chi connectivity index (χ3v) is 4.36. The van der Waals surface area contributed by atoms with Crippen molar-refractivity contribution in [3.63, 3.8) is 0 Å². The van der Waals surface area contributed by atoms with E-state index in [1.165, 1.54) is 0 Å². The van der Waals surface area contributed by atoms with Gasteiger partial charge in [-0.05, 0) is 24.6 Å². The minimum Gasteiger partial charge on any atom is -0.390 e. The average Bonchev–Trinajstić information content (AvgIpc) is 2.61. The Morgan fingerprint density at radius 2 is 1.91 bits per heavy atom. The molecule has 0 atom stereocenters. The molecule has 1 aromatic heterocycles. The van der Waals surface area contributed by atoms with Crippen molar-refractivity contribution < 1.29 is 9.90 Å². The Morgan fingerprint density at radius 3 is 2.61 bits per heavy atom. The highest BCUT2D eigenvalue weighted by Crippen LogP contribution is 2.22. The predicted molar refractivity (Wildman–Crippen MR) is 91.4 cm³/mol. The molecule has 122 valence electrons. The van der Waals surface area contributed by atoms with E-state index >= 15 is 0 Å². The van der Waals surface area contributed by atoms with E-state index in [0.29, 0.717) is 12.1 Å². The van der Waals surface area contributed by atoms with Crippen molar-refractivity contribution in [1.82, 2.24) is 9.88 Å². The Balaban J connectivity index is 1.73. The molecule has 1 N–H and O–H groups in total. The highest BCUT2D eigenvalue weighted by Gasteiger charge is 2.20. The summed E-state index contributed by atoms with van der Waals surface area (Å²) < 4.78 is 0. The number of aromatic nitrogens is 1. The average molecular weight is 313 g/mol. The number of nitrogens with zero attached hydrogens (tertiary/aromatic N) is 3. The third-order valence-electron chi connectivity index (χ3n) is 4.36. The van der Waals surface area contributed by atoms with Crippen LogP contribution in [-0.4, -0.2) is 47.1 Å². The predicted octanol–water partition coefficient (Wildman–Crippen LogP) is 2.18. The van der Waals surface area contributed by atoms with Crippen LogP contribution in [0.25, 0.3) is 10.9 Å². The maximum Gasteiger partial charge on any atom is 0.222 e. The molecule has 0 radical (unpaired) electrons. The third kappa shape index (κ3) is 3.45. The number of hydrogen-bond acceptors (Lipinski definition) is 4. The molecule has 23 heavy (non-hydrogen) atoms. The number of fused-ring (bicyclic) bond motifs is 1. The number of carbonyl (C=O) groups excluding carboxylic acids is 1. The lowest BCUT2D eigenvalue weighted by atomic mass is 10.1. The molecule has 5 heteroatoms. The number of benzene rings is 1.